The van der Waals surface area contributed by atoms with E-state index in [1.165, 1.54) is 11.6 Å². The van der Waals surface area contributed by atoms with Crippen LogP contribution in [-0.2, 0) is 0 Å². The Morgan fingerprint density at radius 2 is 1.95 bits per heavy atom. The lowest BCUT2D eigenvalue weighted by Gasteiger charge is -2.24. The molecule has 0 aromatic heterocycles. The SMILES string of the molecule is CC(N)c1cc(F)ccc1N1CCC(c2ccccc2)C1. The number of hydrogen-bond acceptors (Lipinski definition) is 2. The van der Waals surface area contributed by atoms with Gasteiger partial charge in [0.05, 0.1) is 0 Å². The second-order valence-corrected chi connectivity index (χ2v) is 5.83. The van der Waals surface area contributed by atoms with Gasteiger partial charge in [0, 0.05) is 30.7 Å². The van der Waals surface area contributed by atoms with Gasteiger partial charge in [0.2, 0.25) is 0 Å². The van der Waals surface area contributed by atoms with Crippen molar-refractivity contribution in [2.45, 2.75) is 25.3 Å². The van der Waals surface area contributed by atoms with E-state index in [0.717, 1.165) is 30.8 Å². The van der Waals surface area contributed by atoms with Crippen molar-refractivity contribution in [3.8, 4) is 0 Å². The molecule has 2 nitrogen and oxygen atoms in total. The molecular formula is C18H21FN2. The van der Waals surface area contributed by atoms with E-state index in [4.69, 9.17) is 5.73 Å². The maximum absolute atomic E-state index is 13.5. The first-order valence-corrected chi connectivity index (χ1v) is 7.50. The largest absolute Gasteiger partial charge is 0.371 e. The number of rotatable bonds is 3. The van der Waals surface area contributed by atoms with Gasteiger partial charge in [0.25, 0.3) is 0 Å². The molecule has 3 heteroatoms. The van der Waals surface area contributed by atoms with Crippen molar-refractivity contribution < 1.29 is 4.39 Å². The van der Waals surface area contributed by atoms with Gasteiger partial charge in [-0.15, -0.1) is 0 Å². The summed E-state index contributed by atoms with van der Waals surface area (Å²) < 4.78 is 13.5. The predicted octanol–water partition coefficient (Wildman–Crippen LogP) is 3.84. The monoisotopic (exact) mass is 284 g/mol. The normalized spacial score (nSPS) is 19.8. The number of anilines is 1. The number of nitrogens with zero attached hydrogens (tertiary/aromatic N) is 1. The van der Waals surface area contributed by atoms with Crippen LogP contribution in [0.25, 0.3) is 0 Å². The minimum Gasteiger partial charge on any atom is -0.371 e. The Kier molecular flexibility index (Phi) is 3.93. The summed E-state index contributed by atoms with van der Waals surface area (Å²) in [6.07, 6.45) is 1.12. The maximum atomic E-state index is 13.5. The topological polar surface area (TPSA) is 29.3 Å². The fourth-order valence-corrected chi connectivity index (χ4v) is 3.15. The highest BCUT2D eigenvalue weighted by Gasteiger charge is 2.26. The molecule has 2 aromatic rings. The molecule has 0 saturated carbocycles. The molecule has 0 amide bonds. The Bertz CT molecular complexity index is 610. The maximum Gasteiger partial charge on any atom is 0.123 e. The summed E-state index contributed by atoms with van der Waals surface area (Å²) in [7, 11) is 0. The van der Waals surface area contributed by atoms with Gasteiger partial charge in [-0.3, -0.25) is 0 Å². The molecule has 0 aliphatic carbocycles. The van der Waals surface area contributed by atoms with Crippen LogP contribution in [0.2, 0.25) is 0 Å². The highest BCUT2D eigenvalue weighted by atomic mass is 19.1. The van der Waals surface area contributed by atoms with Crippen LogP contribution in [0.1, 0.15) is 36.4 Å². The molecule has 1 aliphatic heterocycles. The van der Waals surface area contributed by atoms with Gasteiger partial charge in [-0.1, -0.05) is 30.3 Å². The summed E-state index contributed by atoms with van der Waals surface area (Å²) in [5, 5.41) is 0. The summed E-state index contributed by atoms with van der Waals surface area (Å²) in [6, 6.07) is 15.4. The van der Waals surface area contributed by atoms with Crippen molar-refractivity contribution in [1.82, 2.24) is 0 Å². The van der Waals surface area contributed by atoms with Crippen LogP contribution in [0.5, 0.6) is 0 Å². The number of benzene rings is 2. The molecule has 0 spiro atoms. The summed E-state index contributed by atoms with van der Waals surface area (Å²) in [5.41, 5.74) is 9.35. The zero-order valence-electron chi connectivity index (χ0n) is 12.3. The summed E-state index contributed by atoms with van der Waals surface area (Å²) >= 11 is 0. The van der Waals surface area contributed by atoms with Crippen LogP contribution in [-0.4, -0.2) is 13.1 Å². The summed E-state index contributed by atoms with van der Waals surface area (Å²) in [5.74, 6) is 0.321. The third kappa shape index (κ3) is 2.93. The minimum absolute atomic E-state index is 0.161. The molecule has 1 heterocycles. The lowest BCUT2D eigenvalue weighted by molar-refractivity contribution is 0.622. The molecule has 1 fully saturated rings. The average Bonchev–Trinajstić information content (AvgIpc) is 2.97. The van der Waals surface area contributed by atoms with Crippen molar-refractivity contribution >= 4 is 5.69 Å². The Balaban J connectivity index is 1.84. The van der Waals surface area contributed by atoms with E-state index in [1.54, 1.807) is 6.07 Å². The predicted molar refractivity (Wildman–Crippen MR) is 85.0 cm³/mol. The third-order valence-electron chi connectivity index (χ3n) is 4.28. The standard InChI is InChI=1S/C18H21FN2/c1-13(20)17-11-16(19)7-8-18(17)21-10-9-15(12-21)14-5-3-2-4-6-14/h2-8,11,13,15H,9-10,12,20H2,1H3. The van der Waals surface area contributed by atoms with Crippen LogP contribution in [0.15, 0.2) is 48.5 Å². The average molecular weight is 284 g/mol. The number of halogens is 1. The first-order chi connectivity index (χ1) is 10.1. The third-order valence-corrected chi connectivity index (χ3v) is 4.28. The van der Waals surface area contributed by atoms with Crippen molar-refractivity contribution in [1.29, 1.82) is 0 Å². The van der Waals surface area contributed by atoms with E-state index < -0.39 is 0 Å². The minimum atomic E-state index is -0.218. The molecule has 2 N–H and O–H groups in total. The molecule has 2 aromatic carbocycles. The second kappa shape index (κ2) is 5.86. The van der Waals surface area contributed by atoms with Gasteiger partial charge in [0.1, 0.15) is 5.82 Å². The van der Waals surface area contributed by atoms with Crippen LogP contribution in [0, 0.1) is 5.82 Å². The van der Waals surface area contributed by atoms with E-state index in [0.29, 0.717) is 5.92 Å². The quantitative estimate of drug-likeness (QED) is 0.928. The van der Waals surface area contributed by atoms with Crippen molar-refractivity contribution in [2.24, 2.45) is 5.73 Å². The Labute approximate surface area is 125 Å². The molecule has 110 valence electrons. The van der Waals surface area contributed by atoms with E-state index in [1.807, 2.05) is 19.1 Å². The zero-order valence-corrected chi connectivity index (χ0v) is 12.3. The molecule has 1 saturated heterocycles. The van der Waals surface area contributed by atoms with E-state index in [2.05, 4.69) is 29.2 Å². The van der Waals surface area contributed by atoms with Gasteiger partial charge in [-0.25, -0.2) is 4.39 Å². The van der Waals surface area contributed by atoms with Crippen molar-refractivity contribution in [2.75, 3.05) is 18.0 Å². The molecule has 2 atom stereocenters. The highest BCUT2D eigenvalue weighted by molar-refractivity contribution is 5.56. The van der Waals surface area contributed by atoms with Crippen molar-refractivity contribution in [3.05, 3.63) is 65.5 Å². The first kappa shape index (κ1) is 14.1. The van der Waals surface area contributed by atoms with Crippen LogP contribution < -0.4 is 10.6 Å². The Morgan fingerprint density at radius 3 is 2.67 bits per heavy atom. The molecule has 0 radical (unpaired) electrons. The van der Waals surface area contributed by atoms with Gasteiger partial charge in [-0.05, 0) is 42.7 Å². The zero-order chi connectivity index (χ0) is 14.8. The van der Waals surface area contributed by atoms with Crippen LogP contribution in [0.4, 0.5) is 10.1 Å². The molecule has 0 bridgehead atoms. The smallest absolute Gasteiger partial charge is 0.123 e. The van der Waals surface area contributed by atoms with Crippen molar-refractivity contribution in [3.63, 3.8) is 0 Å². The summed E-state index contributed by atoms with van der Waals surface area (Å²) in [6.45, 7) is 3.86. The second-order valence-electron chi connectivity index (χ2n) is 5.83. The van der Waals surface area contributed by atoms with E-state index >= 15 is 0 Å². The Morgan fingerprint density at radius 1 is 1.19 bits per heavy atom. The van der Waals surface area contributed by atoms with Gasteiger partial charge < -0.3 is 10.6 Å². The molecule has 3 rings (SSSR count). The molecule has 1 aliphatic rings. The fraction of sp³-hybridized carbons (Fsp3) is 0.333. The summed E-state index contributed by atoms with van der Waals surface area (Å²) in [4.78, 5) is 2.33. The van der Waals surface area contributed by atoms with Crippen LogP contribution >= 0.6 is 0 Å². The highest BCUT2D eigenvalue weighted by Crippen LogP contribution is 2.34. The number of nitrogens with two attached hydrogens (primary N) is 1. The van der Waals surface area contributed by atoms with Gasteiger partial charge >= 0.3 is 0 Å². The number of hydrogen-bond donors (Lipinski definition) is 1. The van der Waals surface area contributed by atoms with Crippen LogP contribution in [0.3, 0.4) is 0 Å². The molecule has 2 unspecified atom stereocenters. The molecule has 21 heavy (non-hydrogen) atoms. The first-order valence-electron chi connectivity index (χ1n) is 7.50. The van der Waals surface area contributed by atoms with E-state index in [9.17, 15) is 4.39 Å². The fourth-order valence-electron chi connectivity index (χ4n) is 3.15. The Hall–Kier alpha value is -1.87. The molecular weight excluding hydrogens is 263 g/mol. The van der Waals surface area contributed by atoms with E-state index in [-0.39, 0.29) is 11.9 Å². The van der Waals surface area contributed by atoms with Gasteiger partial charge in [0.15, 0.2) is 0 Å². The van der Waals surface area contributed by atoms with Gasteiger partial charge in [-0.2, -0.15) is 0 Å². The lowest BCUT2D eigenvalue weighted by Crippen LogP contribution is -2.22. The lowest BCUT2D eigenvalue weighted by atomic mass is 9.99.